The Balaban J connectivity index is 2.72. The SMILES string of the molecule is Cc1cc2c(c(C)c1N)C(=O)C(C)(C)O2. The molecular weight excluding hydrogens is 190 g/mol. The van der Waals surface area contributed by atoms with Crippen LogP contribution in [0.3, 0.4) is 0 Å². The fourth-order valence-corrected chi connectivity index (χ4v) is 1.95. The van der Waals surface area contributed by atoms with Crippen LogP contribution in [0.5, 0.6) is 5.75 Å². The zero-order valence-electron chi connectivity index (χ0n) is 9.47. The molecule has 0 amide bonds. The first-order valence-electron chi connectivity index (χ1n) is 4.98. The second kappa shape index (κ2) is 2.75. The molecular formula is C12H15NO2. The van der Waals surface area contributed by atoms with Crippen molar-refractivity contribution in [2.75, 3.05) is 5.73 Å². The van der Waals surface area contributed by atoms with E-state index in [0.717, 1.165) is 11.1 Å². The number of fused-ring (bicyclic) bond motifs is 1. The summed E-state index contributed by atoms with van der Waals surface area (Å²) < 4.78 is 5.62. The maximum atomic E-state index is 12.0. The zero-order chi connectivity index (χ0) is 11.4. The molecule has 0 spiro atoms. The van der Waals surface area contributed by atoms with Gasteiger partial charge in [-0.05, 0) is 44.9 Å². The summed E-state index contributed by atoms with van der Waals surface area (Å²) in [6.45, 7) is 7.34. The molecule has 3 heteroatoms. The van der Waals surface area contributed by atoms with Crippen LogP contribution in [-0.4, -0.2) is 11.4 Å². The molecule has 0 bridgehead atoms. The van der Waals surface area contributed by atoms with Gasteiger partial charge in [0.2, 0.25) is 5.78 Å². The van der Waals surface area contributed by atoms with Gasteiger partial charge in [0.1, 0.15) is 5.75 Å². The summed E-state index contributed by atoms with van der Waals surface area (Å²) in [6, 6.07) is 1.84. The summed E-state index contributed by atoms with van der Waals surface area (Å²) >= 11 is 0. The van der Waals surface area contributed by atoms with E-state index in [9.17, 15) is 4.79 Å². The molecule has 1 aliphatic rings. The number of carbonyl (C=O) groups excluding carboxylic acids is 1. The monoisotopic (exact) mass is 205 g/mol. The average molecular weight is 205 g/mol. The van der Waals surface area contributed by atoms with Crippen molar-refractivity contribution >= 4 is 11.5 Å². The third kappa shape index (κ3) is 1.23. The molecule has 1 aromatic rings. The number of ether oxygens (including phenoxy) is 1. The van der Waals surface area contributed by atoms with Gasteiger partial charge < -0.3 is 10.5 Å². The number of rotatable bonds is 0. The first-order chi connectivity index (χ1) is 6.84. The Morgan fingerprint density at radius 1 is 1.33 bits per heavy atom. The third-order valence-electron chi connectivity index (χ3n) is 2.94. The van der Waals surface area contributed by atoms with Crippen LogP contribution in [-0.2, 0) is 0 Å². The lowest BCUT2D eigenvalue weighted by molar-refractivity contribution is 0.0684. The van der Waals surface area contributed by atoms with Crippen molar-refractivity contribution in [2.45, 2.75) is 33.3 Å². The van der Waals surface area contributed by atoms with Crippen LogP contribution < -0.4 is 10.5 Å². The topological polar surface area (TPSA) is 52.3 Å². The maximum Gasteiger partial charge on any atom is 0.209 e. The smallest absolute Gasteiger partial charge is 0.209 e. The highest BCUT2D eigenvalue weighted by Crippen LogP contribution is 2.40. The van der Waals surface area contributed by atoms with Gasteiger partial charge in [0.05, 0.1) is 5.56 Å². The molecule has 0 fully saturated rings. The molecule has 0 aromatic heterocycles. The van der Waals surface area contributed by atoms with E-state index >= 15 is 0 Å². The highest BCUT2D eigenvalue weighted by Gasteiger charge is 2.41. The molecule has 2 N–H and O–H groups in total. The van der Waals surface area contributed by atoms with Crippen LogP contribution >= 0.6 is 0 Å². The van der Waals surface area contributed by atoms with E-state index in [4.69, 9.17) is 10.5 Å². The van der Waals surface area contributed by atoms with Crippen LogP contribution in [0.2, 0.25) is 0 Å². The number of aryl methyl sites for hydroxylation is 1. The van der Waals surface area contributed by atoms with Gasteiger partial charge in [-0.1, -0.05) is 0 Å². The first kappa shape index (κ1) is 10.0. The Morgan fingerprint density at radius 3 is 2.53 bits per heavy atom. The third-order valence-corrected chi connectivity index (χ3v) is 2.94. The minimum Gasteiger partial charge on any atom is -0.479 e. The number of carbonyl (C=O) groups is 1. The summed E-state index contributed by atoms with van der Waals surface area (Å²) in [6.07, 6.45) is 0. The number of hydrogen-bond acceptors (Lipinski definition) is 3. The van der Waals surface area contributed by atoms with Gasteiger partial charge >= 0.3 is 0 Å². The standard InChI is InChI=1S/C12H15NO2/c1-6-5-8-9(7(2)10(6)13)11(14)12(3,4)15-8/h5H,13H2,1-4H3. The van der Waals surface area contributed by atoms with Crippen molar-refractivity contribution in [3.63, 3.8) is 0 Å². The molecule has 15 heavy (non-hydrogen) atoms. The van der Waals surface area contributed by atoms with Gasteiger partial charge in [-0.3, -0.25) is 4.79 Å². The predicted molar refractivity (Wildman–Crippen MR) is 59.4 cm³/mol. The molecule has 2 rings (SSSR count). The lowest BCUT2D eigenvalue weighted by atomic mass is 9.94. The molecule has 1 aromatic carbocycles. The Morgan fingerprint density at radius 2 is 1.93 bits per heavy atom. The Labute approximate surface area is 89.2 Å². The number of benzene rings is 1. The Hall–Kier alpha value is -1.51. The highest BCUT2D eigenvalue weighted by atomic mass is 16.5. The number of Topliss-reactive ketones (excluding diaryl/α,β-unsaturated/α-hetero) is 1. The largest absolute Gasteiger partial charge is 0.479 e. The highest BCUT2D eigenvalue weighted by molar-refractivity contribution is 6.09. The van der Waals surface area contributed by atoms with E-state index in [1.54, 1.807) is 13.8 Å². The number of ketones is 1. The van der Waals surface area contributed by atoms with E-state index in [2.05, 4.69) is 0 Å². The molecule has 1 aliphatic heterocycles. The molecule has 0 aliphatic carbocycles. The van der Waals surface area contributed by atoms with Gasteiger partial charge in [0, 0.05) is 5.69 Å². The predicted octanol–water partition coefficient (Wildman–Crippen LogP) is 2.24. The minimum absolute atomic E-state index is 0.0155. The maximum absolute atomic E-state index is 12.0. The summed E-state index contributed by atoms with van der Waals surface area (Å²) in [5.41, 5.74) is 8.26. The molecule has 0 saturated heterocycles. The number of nitrogens with two attached hydrogens (primary N) is 1. The normalized spacial score (nSPS) is 17.5. The first-order valence-corrected chi connectivity index (χ1v) is 4.98. The van der Waals surface area contributed by atoms with E-state index in [-0.39, 0.29) is 5.78 Å². The molecule has 0 atom stereocenters. The van der Waals surface area contributed by atoms with Gasteiger partial charge in [-0.25, -0.2) is 0 Å². The quantitative estimate of drug-likeness (QED) is 0.661. The van der Waals surface area contributed by atoms with Crippen molar-refractivity contribution in [1.82, 2.24) is 0 Å². The summed E-state index contributed by atoms with van der Waals surface area (Å²) in [5, 5.41) is 0. The van der Waals surface area contributed by atoms with Gasteiger partial charge in [-0.2, -0.15) is 0 Å². The van der Waals surface area contributed by atoms with Crippen LogP contribution in [0.1, 0.15) is 35.3 Å². The fraction of sp³-hybridized carbons (Fsp3) is 0.417. The number of hydrogen-bond donors (Lipinski definition) is 1. The number of nitrogen functional groups attached to an aromatic ring is 1. The minimum atomic E-state index is -0.757. The summed E-state index contributed by atoms with van der Waals surface area (Å²) in [7, 11) is 0. The molecule has 0 saturated carbocycles. The Bertz CT molecular complexity index is 461. The fourth-order valence-electron chi connectivity index (χ4n) is 1.95. The molecule has 1 heterocycles. The van der Waals surface area contributed by atoms with Crippen LogP contribution in [0.25, 0.3) is 0 Å². The van der Waals surface area contributed by atoms with E-state index < -0.39 is 5.60 Å². The zero-order valence-corrected chi connectivity index (χ0v) is 9.47. The Kier molecular flexibility index (Phi) is 1.84. The van der Waals surface area contributed by atoms with E-state index in [0.29, 0.717) is 17.0 Å². The average Bonchev–Trinajstić information content (AvgIpc) is 2.34. The van der Waals surface area contributed by atoms with E-state index in [1.165, 1.54) is 0 Å². The molecule has 0 radical (unpaired) electrons. The van der Waals surface area contributed by atoms with Gasteiger partial charge in [0.25, 0.3) is 0 Å². The van der Waals surface area contributed by atoms with Crippen LogP contribution in [0.15, 0.2) is 6.07 Å². The second-order valence-electron chi connectivity index (χ2n) is 4.55. The van der Waals surface area contributed by atoms with Crippen molar-refractivity contribution < 1.29 is 9.53 Å². The summed E-state index contributed by atoms with van der Waals surface area (Å²) in [4.78, 5) is 12.0. The van der Waals surface area contributed by atoms with Gasteiger partial charge in [-0.15, -0.1) is 0 Å². The van der Waals surface area contributed by atoms with Crippen molar-refractivity contribution in [1.29, 1.82) is 0 Å². The molecule has 0 unspecified atom stereocenters. The van der Waals surface area contributed by atoms with Crippen molar-refractivity contribution in [3.05, 3.63) is 22.8 Å². The molecule has 80 valence electrons. The second-order valence-corrected chi connectivity index (χ2v) is 4.55. The van der Waals surface area contributed by atoms with Crippen LogP contribution in [0.4, 0.5) is 5.69 Å². The number of anilines is 1. The lowest BCUT2D eigenvalue weighted by Crippen LogP contribution is -2.32. The van der Waals surface area contributed by atoms with Crippen LogP contribution in [0, 0.1) is 13.8 Å². The van der Waals surface area contributed by atoms with Crippen molar-refractivity contribution in [2.24, 2.45) is 0 Å². The molecule has 3 nitrogen and oxygen atoms in total. The lowest BCUT2D eigenvalue weighted by Gasteiger charge is -2.14. The van der Waals surface area contributed by atoms with Crippen molar-refractivity contribution in [3.8, 4) is 5.75 Å². The van der Waals surface area contributed by atoms with E-state index in [1.807, 2.05) is 19.9 Å². The summed E-state index contributed by atoms with van der Waals surface area (Å²) in [5.74, 6) is 0.677. The van der Waals surface area contributed by atoms with Gasteiger partial charge in [0.15, 0.2) is 5.60 Å².